The van der Waals surface area contributed by atoms with Crippen LogP contribution in [0.1, 0.15) is 59.8 Å². The van der Waals surface area contributed by atoms with Crippen molar-refractivity contribution in [2.75, 3.05) is 0 Å². The van der Waals surface area contributed by atoms with Crippen LogP contribution in [0.3, 0.4) is 0 Å². The molecule has 0 aromatic heterocycles. The van der Waals surface area contributed by atoms with Gasteiger partial charge in [0.25, 0.3) is 0 Å². The van der Waals surface area contributed by atoms with Crippen molar-refractivity contribution >= 4 is 5.78 Å². The number of Topliss-reactive ketones (excluding diaryl/α,β-unsaturated/α-hetero) is 1. The van der Waals surface area contributed by atoms with E-state index in [0.717, 1.165) is 24.7 Å². The predicted molar refractivity (Wildman–Crippen MR) is 64.7 cm³/mol. The first-order chi connectivity index (χ1) is 6.99. The van der Waals surface area contributed by atoms with Crippen molar-refractivity contribution < 1.29 is 4.79 Å². The van der Waals surface area contributed by atoms with Gasteiger partial charge in [-0.15, -0.1) is 0 Å². The molecule has 1 nitrogen and oxygen atoms in total. The molecule has 3 atom stereocenters. The average Bonchev–Trinajstić information content (AvgIpc) is 2.10. The van der Waals surface area contributed by atoms with Gasteiger partial charge in [0.05, 0.1) is 0 Å². The van der Waals surface area contributed by atoms with Crippen LogP contribution in [0.4, 0.5) is 0 Å². The first kappa shape index (κ1) is 12.7. The van der Waals surface area contributed by atoms with Gasteiger partial charge >= 0.3 is 0 Å². The highest BCUT2D eigenvalue weighted by Crippen LogP contribution is 2.35. The number of rotatable bonds is 4. The van der Waals surface area contributed by atoms with Crippen LogP contribution in [0, 0.1) is 23.7 Å². The molecule has 1 saturated carbocycles. The molecular formula is C14H26O. The molecule has 3 unspecified atom stereocenters. The molecule has 0 bridgehead atoms. The quantitative estimate of drug-likeness (QED) is 0.683. The van der Waals surface area contributed by atoms with E-state index in [2.05, 4.69) is 27.7 Å². The zero-order valence-electron chi connectivity index (χ0n) is 10.8. The number of hydrogen-bond donors (Lipinski definition) is 0. The third-order valence-corrected chi connectivity index (χ3v) is 3.86. The van der Waals surface area contributed by atoms with E-state index < -0.39 is 0 Å². The van der Waals surface area contributed by atoms with E-state index >= 15 is 0 Å². The smallest absolute Gasteiger partial charge is 0.133 e. The summed E-state index contributed by atoms with van der Waals surface area (Å²) < 4.78 is 0. The molecule has 0 heterocycles. The van der Waals surface area contributed by atoms with Crippen molar-refractivity contribution in [2.45, 2.75) is 59.8 Å². The second kappa shape index (κ2) is 5.67. The normalized spacial score (nSPS) is 31.9. The Bertz CT molecular complexity index is 207. The molecule has 0 spiro atoms. The van der Waals surface area contributed by atoms with E-state index in [0.29, 0.717) is 17.6 Å². The molecule has 88 valence electrons. The second-order valence-electron chi connectivity index (χ2n) is 5.97. The van der Waals surface area contributed by atoms with Crippen molar-refractivity contribution in [3.8, 4) is 0 Å². The number of hydrogen-bond acceptors (Lipinski definition) is 1. The molecule has 0 radical (unpaired) electrons. The maximum Gasteiger partial charge on any atom is 0.133 e. The van der Waals surface area contributed by atoms with Crippen molar-refractivity contribution in [2.24, 2.45) is 23.7 Å². The summed E-state index contributed by atoms with van der Waals surface area (Å²) in [6.45, 7) is 8.94. The molecule has 0 amide bonds. The lowest BCUT2D eigenvalue weighted by atomic mass is 9.74. The SMILES string of the molecule is CC(C)CC(=O)CC1CCC(C)C(C)C1. The Morgan fingerprint density at radius 3 is 2.40 bits per heavy atom. The average molecular weight is 210 g/mol. The van der Waals surface area contributed by atoms with Crippen LogP contribution in [0.2, 0.25) is 0 Å². The summed E-state index contributed by atoms with van der Waals surface area (Å²) in [4.78, 5) is 11.7. The highest BCUT2D eigenvalue weighted by molar-refractivity contribution is 5.78. The largest absolute Gasteiger partial charge is 0.300 e. The molecular weight excluding hydrogens is 184 g/mol. The first-order valence-corrected chi connectivity index (χ1v) is 6.50. The molecule has 0 aromatic carbocycles. The van der Waals surface area contributed by atoms with Gasteiger partial charge in [-0.3, -0.25) is 4.79 Å². The highest BCUT2D eigenvalue weighted by Gasteiger charge is 2.25. The van der Waals surface area contributed by atoms with Gasteiger partial charge in [-0.05, 0) is 36.5 Å². The summed E-state index contributed by atoms with van der Waals surface area (Å²) in [6, 6.07) is 0. The Kier molecular flexibility index (Phi) is 4.82. The summed E-state index contributed by atoms with van der Waals surface area (Å²) in [5.41, 5.74) is 0. The Morgan fingerprint density at radius 1 is 1.20 bits per heavy atom. The molecule has 0 saturated heterocycles. The minimum Gasteiger partial charge on any atom is -0.300 e. The van der Waals surface area contributed by atoms with Gasteiger partial charge in [0.2, 0.25) is 0 Å². The summed E-state index contributed by atoms with van der Waals surface area (Å²) in [6.07, 6.45) is 5.48. The maximum atomic E-state index is 11.7. The lowest BCUT2D eigenvalue weighted by Gasteiger charge is -2.31. The molecule has 15 heavy (non-hydrogen) atoms. The van der Waals surface area contributed by atoms with Crippen molar-refractivity contribution in [1.29, 1.82) is 0 Å². The van der Waals surface area contributed by atoms with Crippen molar-refractivity contribution in [3.63, 3.8) is 0 Å². The Hall–Kier alpha value is -0.330. The van der Waals surface area contributed by atoms with Gasteiger partial charge in [-0.25, -0.2) is 0 Å². The Balaban J connectivity index is 2.30. The monoisotopic (exact) mass is 210 g/mol. The lowest BCUT2D eigenvalue weighted by Crippen LogP contribution is -2.23. The highest BCUT2D eigenvalue weighted by atomic mass is 16.1. The van der Waals surface area contributed by atoms with Crippen LogP contribution in [-0.2, 0) is 4.79 Å². The van der Waals surface area contributed by atoms with E-state index in [1.54, 1.807) is 0 Å². The lowest BCUT2D eigenvalue weighted by molar-refractivity contribution is -0.121. The van der Waals surface area contributed by atoms with Crippen LogP contribution in [0.15, 0.2) is 0 Å². The number of carbonyl (C=O) groups is 1. The summed E-state index contributed by atoms with van der Waals surface area (Å²) in [5.74, 6) is 3.37. The van der Waals surface area contributed by atoms with Gasteiger partial charge in [0.1, 0.15) is 5.78 Å². The van der Waals surface area contributed by atoms with Crippen LogP contribution < -0.4 is 0 Å². The van der Waals surface area contributed by atoms with Crippen LogP contribution >= 0.6 is 0 Å². The number of carbonyl (C=O) groups excluding carboxylic acids is 1. The zero-order chi connectivity index (χ0) is 11.4. The van der Waals surface area contributed by atoms with E-state index in [-0.39, 0.29) is 0 Å². The molecule has 1 rings (SSSR count). The molecule has 1 aliphatic rings. The Labute approximate surface area is 94.6 Å². The van der Waals surface area contributed by atoms with Gasteiger partial charge in [0, 0.05) is 12.8 Å². The predicted octanol–water partition coefficient (Wildman–Crippen LogP) is 4.06. The summed E-state index contributed by atoms with van der Waals surface area (Å²) in [5, 5.41) is 0. The second-order valence-corrected chi connectivity index (χ2v) is 5.97. The van der Waals surface area contributed by atoms with E-state index in [1.165, 1.54) is 19.3 Å². The minimum atomic E-state index is 0.483. The molecule has 0 aromatic rings. The fourth-order valence-electron chi connectivity index (χ4n) is 2.71. The fourth-order valence-corrected chi connectivity index (χ4v) is 2.71. The molecule has 1 heteroatoms. The fraction of sp³-hybridized carbons (Fsp3) is 0.929. The first-order valence-electron chi connectivity index (χ1n) is 6.50. The van der Waals surface area contributed by atoms with Gasteiger partial charge in [0.15, 0.2) is 0 Å². The van der Waals surface area contributed by atoms with Crippen LogP contribution in [-0.4, -0.2) is 5.78 Å². The zero-order valence-corrected chi connectivity index (χ0v) is 10.8. The van der Waals surface area contributed by atoms with Gasteiger partial charge in [-0.2, -0.15) is 0 Å². The van der Waals surface area contributed by atoms with Gasteiger partial charge < -0.3 is 0 Å². The van der Waals surface area contributed by atoms with E-state index in [9.17, 15) is 4.79 Å². The summed E-state index contributed by atoms with van der Waals surface area (Å²) >= 11 is 0. The van der Waals surface area contributed by atoms with Crippen molar-refractivity contribution in [1.82, 2.24) is 0 Å². The molecule has 1 aliphatic carbocycles. The minimum absolute atomic E-state index is 0.483. The van der Waals surface area contributed by atoms with E-state index in [4.69, 9.17) is 0 Å². The molecule has 1 fully saturated rings. The van der Waals surface area contributed by atoms with Gasteiger partial charge in [-0.1, -0.05) is 34.1 Å². The number of ketones is 1. The Morgan fingerprint density at radius 2 is 1.87 bits per heavy atom. The van der Waals surface area contributed by atoms with Crippen molar-refractivity contribution in [3.05, 3.63) is 0 Å². The third-order valence-electron chi connectivity index (χ3n) is 3.86. The van der Waals surface area contributed by atoms with E-state index in [1.807, 2.05) is 0 Å². The standard InChI is InChI=1S/C14H26O/c1-10(2)7-14(15)9-13-6-5-11(3)12(4)8-13/h10-13H,5-9H2,1-4H3. The van der Waals surface area contributed by atoms with Crippen LogP contribution in [0.25, 0.3) is 0 Å². The molecule has 0 N–H and O–H groups in total. The summed E-state index contributed by atoms with van der Waals surface area (Å²) in [7, 11) is 0. The maximum absolute atomic E-state index is 11.7. The van der Waals surface area contributed by atoms with Crippen LogP contribution in [0.5, 0.6) is 0 Å². The molecule has 0 aliphatic heterocycles. The topological polar surface area (TPSA) is 17.1 Å². The third kappa shape index (κ3) is 4.36.